The number of hydrogen-bond acceptors (Lipinski definition) is 3. The van der Waals surface area contributed by atoms with Crippen molar-refractivity contribution in [3.63, 3.8) is 0 Å². The second-order valence-electron chi connectivity index (χ2n) is 7.70. The molecule has 6 nitrogen and oxygen atoms in total. The first-order chi connectivity index (χ1) is 16.0. The summed E-state index contributed by atoms with van der Waals surface area (Å²) in [6, 6.07) is 18.2. The fourth-order valence-corrected chi connectivity index (χ4v) is 3.98. The summed E-state index contributed by atoms with van der Waals surface area (Å²) < 4.78 is 6.10. The number of benzene rings is 3. The lowest BCUT2D eigenvalue weighted by Crippen LogP contribution is -2.24. The number of aromatic amines is 1. The van der Waals surface area contributed by atoms with Crippen LogP contribution in [0.1, 0.15) is 41.0 Å². The Hall–Kier alpha value is -4.06. The van der Waals surface area contributed by atoms with Gasteiger partial charge in [-0.15, -0.1) is 0 Å². The number of rotatable bonds is 8. The lowest BCUT2D eigenvalue weighted by molar-refractivity contribution is 0.0696. The van der Waals surface area contributed by atoms with Crippen LogP contribution in [0.25, 0.3) is 33.2 Å². The number of carbonyl (C=O) groups is 2. The van der Waals surface area contributed by atoms with Gasteiger partial charge in [-0.25, -0.2) is 4.79 Å². The number of fused-ring (bicyclic) bond motifs is 1. The maximum absolute atomic E-state index is 13.4. The third-order valence-corrected chi connectivity index (χ3v) is 5.49. The highest BCUT2D eigenvalue weighted by molar-refractivity contribution is 6.11. The third-order valence-electron chi connectivity index (χ3n) is 5.49. The summed E-state index contributed by atoms with van der Waals surface area (Å²) in [5, 5.41) is 13.2. The summed E-state index contributed by atoms with van der Waals surface area (Å²) in [5.74, 6) is -0.570. The van der Waals surface area contributed by atoms with Gasteiger partial charge < -0.3 is 20.1 Å². The maximum Gasteiger partial charge on any atom is 0.335 e. The van der Waals surface area contributed by atoms with Crippen LogP contribution in [-0.4, -0.2) is 35.1 Å². The van der Waals surface area contributed by atoms with E-state index in [0.29, 0.717) is 35.6 Å². The van der Waals surface area contributed by atoms with Gasteiger partial charge in [-0.3, -0.25) is 4.79 Å². The molecule has 3 aromatic carbocycles. The minimum Gasteiger partial charge on any atom is -0.493 e. The topological polar surface area (TPSA) is 91.4 Å². The minimum absolute atomic E-state index is 0.193. The molecule has 4 aromatic rings. The van der Waals surface area contributed by atoms with Gasteiger partial charge in [-0.1, -0.05) is 37.3 Å². The molecule has 1 heterocycles. The minimum atomic E-state index is -0.992. The zero-order chi connectivity index (χ0) is 23.4. The van der Waals surface area contributed by atoms with Crippen LogP contribution in [0.4, 0.5) is 0 Å². The molecule has 1 amide bonds. The standard InChI is InChI=1S/C27H26N2O4/c1-3-15-33-23-14-13-19(17-9-11-18(12-10-17)27(31)32)25(26(30)28-4-2)24(23)21-16-29-22-8-6-5-7-20(21)22/h5-14,16,29H,3-4,15H2,1-2H3,(H,28,30)(H,31,32). The van der Waals surface area contributed by atoms with E-state index in [1.165, 1.54) is 0 Å². The van der Waals surface area contributed by atoms with E-state index in [-0.39, 0.29) is 11.5 Å². The van der Waals surface area contributed by atoms with Crippen molar-refractivity contribution in [3.8, 4) is 28.0 Å². The fourth-order valence-electron chi connectivity index (χ4n) is 3.98. The van der Waals surface area contributed by atoms with E-state index in [1.54, 1.807) is 24.3 Å². The van der Waals surface area contributed by atoms with E-state index in [0.717, 1.165) is 28.5 Å². The number of aromatic carboxylic acids is 1. The second kappa shape index (κ2) is 9.61. The zero-order valence-electron chi connectivity index (χ0n) is 18.6. The molecule has 3 N–H and O–H groups in total. The van der Waals surface area contributed by atoms with E-state index in [2.05, 4.69) is 10.3 Å². The smallest absolute Gasteiger partial charge is 0.335 e. The predicted molar refractivity (Wildman–Crippen MR) is 130 cm³/mol. The number of carbonyl (C=O) groups excluding carboxylic acids is 1. The molecule has 0 spiro atoms. The van der Waals surface area contributed by atoms with Gasteiger partial charge in [0, 0.05) is 34.8 Å². The summed E-state index contributed by atoms with van der Waals surface area (Å²) in [6.07, 6.45) is 2.74. The van der Waals surface area contributed by atoms with Crippen LogP contribution < -0.4 is 10.1 Å². The van der Waals surface area contributed by atoms with Crippen LogP contribution in [-0.2, 0) is 0 Å². The van der Waals surface area contributed by atoms with Crippen molar-refractivity contribution in [2.75, 3.05) is 13.2 Å². The summed E-state index contributed by atoms with van der Waals surface area (Å²) in [4.78, 5) is 28.0. The molecule has 0 bridgehead atoms. The summed E-state index contributed by atoms with van der Waals surface area (Å²) in [5.41, 5.74) is 4.71. The average molecular weight is 443 g/mol. The van der Waals surface area contributed by atoms with Crippen molar-refractivity contribution in [2.45, 2.75) is 20.3 Å². The summed E-state index contributed by atoms with van der Waals surface area (Å²) in [7, 11) is 0. The molecular weight excluding hydrogens is 416 g/mol. The van der Waals surface area contributed by atoms with E-state index >= 15 is 0 Å². The summed E-state index contributed by atoms with van der Waals surface area (Å²) >= 11 is 0. The van der Waals surface area contributed by atoms with Crippen molar-refractivity contribution in [1.82, 2.24) is 10.3 Å². The van der Waals surface area contributed by atoms with Crippen LogP contribution in [0.5, 0.6) is 5.75 Å². The van der Waals surface area contributed by atoms with Crippen LogP contribution >= 0.6 is 0 Å². The molecule has 0 saturated carbocycles. The number of hydrogen-bond donors (Lipinski definition) is 3. The molecule has 0 fully saturated rings. The van der Waals surface area contributed by atoms with E-state index < -0.39 is 5.97 Å². The van der Waals surface area contributed by atoms with Crippen LogP contribution in [0.2, 0.25) is 0 Å². The van der Waals surface area contributed by atoms with Gasteiger partial charge >= 0.3 is 5.97 Å². The number of ether oxygens (including phenoxy) is 1. The van der Waals surface area contributed by atoms with Gasteiger partial charge in [0.1, 0.15) is 5.75 Å². The van der Waals surface area contributed by atoms with Crippen LogP contribution in [0.15, 0.2) is 66.9 Å². The highest BCUT2D eigenvalue weighted by atomic mass is 16.5. The normalized spacial score (nSPS) is 10.8. The van der Waals surface area contributed by atoms with Gasteiger partial charge in [0.25, 0.3) is 5.91 Å². The van der Waals surface area contributed by atoms with Crippen molar-refractivity contribution in [1.29, 1.82) is 0 Å². The fraction of sp³-hybridized carbons (Fsp3) is 0.185. The average Bonchev–Trinajstić information content (AvgIpc) is 3.26. The molecular formula is C27H26N2O4. The van der Waals surface area contributed by atoms with Crippen LogP contribution in [0.3, 0.4) is 0 Å². The van der Waals surface area contributed by atoms with Crippen LogP contribution in [0, 0.1) is 0 Å². The molecule has 0 aliphatic rings. The van der Waals surface area contributed by atoms with Gasteiger partial charge in [0.05, 0.1) is 17.7 Å². The number of amides is 1. The Morgan fingerprint density at radius 3 is 2.42 bits per heavy atom. The molecule has 168 valence electrons. The molecule has 1 aromatic heterocycles. The van der Waals surface area contributed by atoms with Gasteiger partial charge in [0.15, 0.2) is 0 Å². The highest BCUT2D eigenvalue weighted by Gasteiger charge is 2.24. The molecule has 33 heavy (non-hydrogen) atoms. The van der Waals surface area contributed by atoms with Crippen molar-refractivity contribution >= 4 is 22.8 Å². The maximum atomic E-state index is 13.4. The third kappa shape index (κ3) is 4.32. The number of nitrogens with one attached hydrogen (secondary N) is 2. The van der Waals surface area contributed by atoms with E-state index in [9.17, 15) is 14.7 Å². The molecule has 0 atom stereocenters. The molecule has 4 rings (SSSR count). The van der Waals surface area contributed by atoms with Crippen molar-refractivity contribution < 1.29 is 19.4 Å². The second-order valence-corrected chi connectivity index (χ2v) is 7.70. The number of para-hydroxylation sites is 1. The highest BCUT2D eigenvalue weighted by Crippen LogP contribution is 2.42. The van der Waals surface area contributed by atoms with Gasteiger partial charge in [-0.05, 0) is 54.8 Å². The Kier molecular flexibility index (Phi) is 6.45. The molecule has 0 saturated heterocycles. The zero-order valence-corrected chi connectivity index (χ0v) is 18.6. The summed E-state index contributed by atoms with van der Waals surface area (Å²) in [6.45, 7) is 4.91. The predicted octanol–water partition coefficient (Wildman–Crippen LogP) is 5.74. The molecule has 0 aliphatic carbocycles. The van der Waals surface area contributed by atoms with E-state index in [4.69, 9.17) is 4.74 Å². The lowest BCUT2D eigenvalue weighted by atomic mass is 9.89. The number of aromatic nitrogens is 1. The van der Waals surface area contributed by atoms with Crippen molar-refractivity contribution in [3.05, 3.63) is 78.0 Å². The molecule has 6 heteroatoms. The molecule has 0 aliphatic heterocycles. The number of carboxylic acids is 1. The Labute approximate surface area is 192 Å². The monoisotopic (exact) mass is 442 g/mol. The first-order valence-corrected chi connectivity index (χ1v) is 11.0. The first-order valence-electron chi connectivity index (χ1n) is 11.0. The van der Waals surface area contributed by atoms with Gasteiger partial charge in [0.2, 0.25) is 0 Å². The lowest BCUT2D eigenvalue weighted by Gasteiger charge is -2.19. The quantitative estimate of drug-likeness (QED) is 0.325. The Balaban J connectivity index is 2.01. The molecule has 0 radical (unpaired) electrons. The number of H-pyrrole nitrogens is 1. The Bertz CT molecular complexity index is 1310. The number of carboxylic acid groups (broad SMARTS) is 1. The van der Waals surface area contributed by atoms with Crippen molar-refractivity contribution in [2.24, 2.45) is 0 Å². The largest absolute Gasteiger partial charge is 0.493 e. The Morgan fingerprint density at radius 1 is 0.970 bits per heavy atom. The van der Waals surface area contributed by atoms with Gasteiger partial charge in [-0.2, -0.15) is 0 Å². The molecule has 0 unspecified atom stereocenters. The Morgan fingerprint density at radius 2 is 1.73 bits per heavy atom. The van der Waals surface area contributed by atoms with E-state index in [1.807, 2.05) is 56.4 Å². The SMILES string of the molecule is CCCOc1ccc(-c2ccc(C(=O)O)cc2)c(C(=O)NCC)c1-c1c[nH]c2ccccc12. The first kappa shape index (κ1) is 22.1.